The van der Waals surface area contributed by atoms with Crippen LogP contribution in [0.25, 0.3) is 0 Å². The number of allylic oxidation sites excluding steroid dienone is 22. The number of quaternary nitrogens is 1. The van der Waals surface area contributed by atoms with E-state index in [2.05, 4.69) is 148 Å². The summed E-state index contributed by atoms with van der Waals surface area (Å²) in [4.78, 5) is 37.0. The highest BCUT2D eigenvalue weighted by Gasteiger charge is 2.25. The van der Waals surface area contributed by atoms with Crippen LogP contribution < -0.4 is 5.11 Å². The molecule has 0 bridgehead atoms. The molecule has 0 N–H and O–H groups in total. The van der Waals surface area contributed by atoms with Crippen molar-refractivity contribution in [2.45, 2.75) is 167 Å². The normalized spacial score (nSPS) is 14.0. The highest BCUT2D eigenvalue weighted by Crippen LogP contribution is 2.10. The zero-order chi connectivity index (χ0) is 47.7. The van der Waals surface area contributed by atoms with E-state index >= 15 is 0 Å². The van der Waals surface area contributed by atoms with Gasteiger partial charge in [-0.2, -0.15) is 0 Å². The van der Waals surface area contributed by atoms with Gasteiger partial charge in [0.15, 0.2) is 6.10 Å². The molecule has 0 aromatic heterocycles. The number of rotatable bonds is 42. The van der Waals surface area contributed by atoms with E-state index in [4.69, 9.17) is 14.2 Å². The van der Waals surface area contributed by atoms with Gasteiger partial charge in [-0.15, -0.1) is 0 Å². The number of nitrogens with zero attached hydrogens (tertiary/aromatic N) is 1. The van der Waals surface area contributed by atoms with Crippen molar-refractivity contribution in [3.8, 4) is 0 Å². The van der Waals surface area contributed by atoms with Gasteiger partial charge in [-0.05, 0) is 109 Å². The summed E-state index contributed by atoms with van der Waals surface area (Å²) in [5.41, 5.74) is 0. The van der Waals surface area contributed by atoms with Gasteiger partial charge in [-0.3, -0.25) is 9.59 Å². The van der Waals surface area contributed by atoms with Gasteiger partial charge in [-0.1, -0.05) is 160 Å². The molecule has 0 aliphatic rings. The number of esters is 2. The van der Waals surface area contributed by atoms with Gasteiger partial charge < -0.3 is 28.6 Å². The van der Waals surface area contributed by atoms with Crippen LogP contribution in [0.2, 0.25) is 0 Å². The Hall–Kier alpha value is -4.53. The van der Waals surface area contributed by atoms with E-state index in [-0.39, 0.29) is 55.5 Å². The Morgan fingerprint density at radius 3 is 1.26 bits per heavy atom. The second-order valence-corrected chi connectivity index (χ2v) is 17.0. The van der Waals surface area contributed by atoms with E-state index in [1.807, 2.05) is 0 Å². The van der Waals surface area contributed by atoms with Crippen LogP contribution in [0.3, 0.4) is 0 Å². The number of carbonyl (C=O) groups is 3. The van der Waals surface area contributed by atoms with Crippen LogP contribution in [0.15, 0.2) is 134 Å². The maximum Gasteiger partial charge on any atom is 0.306 e. The molecule has 0 amide bonds. The number of unbranched alkanes of at least 4 members (excludes halogenated alkanes) is 6. The minimum atomic E-state index is -1.15. The summed E-state index contributed by atoms with van der Waals surface area (Å²) in [6.45, 7) is 4.39. The molecule has 0 rings (SSSR count). The van der Waals surface area contributed by atoms with Crippen molar-refractivity contribution in [2.24, 2.45) is 0 Å². The van der Waals surface area contributed by atoms with Crippen molar-refractivity contribution in [3.63, 3.8) is 0 Å². The molecule has 2 atom stereocenters. The molecule has 0 aromatic rings. The zero-order valence-corrected chi connectivity index (χ0v) is 41.3. The first kappa shape index (κ1) is 60.5. The molecule has 0 fully saturated rings. The minimum absolute atomic E-state index is 0.00527. The second-order valence-electron chi connectivity index (χ2n) is 17.0. The van der Waals surface area contributed by atoms with Crippen LogP contribution in [0.1, 0.15) is 155 Å². The van der Waals surface area contributed by atoms with Crippen molar-refractivity contribution in [1.29, 1.82) is 0 Å². The van der Waals surface area contributed by atoms with Crippen LogP contribution in [-0.4, -0.2) is 75.5 Å². The van der Waals surface area contributed by atoms with Crippen molar-refractivity contribution >= 4 is 17.9 Å². The molecule has 65 heavy (non-hydrogen) atoms. The lowest BCUT2D eigenvalue weighted by molar-refractivity contribution is -0.889. The Labute approximate surface area is 396 Å². The van der Waals surface area contributed by atoms with Crippen molar-refractivity contribution < 1.29 is 38.2 Å². The topological polar surface area (TPSA) is 102 Å². The fraction of sp³-hybridized carbons (Fsp3) is 0.561. The van der Waals surface area contributed by atoms with Gasteiger partial charge in [0.05, 0.1) is 40.3 Å². The molecule has 0 heterocycles. The van der Waals surface area contributed by atoms with Crippen LogP contribution >= 0.6 is 0 Å². The number of carboxylic acids is 1. The van der Waals surface area contributed by atoms with Crippen LogP contribution in [-0.2, 0) is 28.6 Å². The van der Waals surface area contributed by atoms with E-state index in [1.54, 1.807) is 21.1 Å². The SMILES string of the molecule is CC/C=C/C/C=C/C/C=C/C/C=C/C/C=C/C/C=C/CCCC(=O)OCC(COCCC(C(=O)[O-])[N+](C)(C)C)OC(=O)CCCC/C=C/C/C=C/C/C=C/C/C=C/C/C=C/CCCCC. The molecule has 0 saturated carbocycles. The molecule has 2 unspecified atom stereocenters. The Balaban J connectivity index is 4.50. The van der Waals surface area contributed by atoms with Crippen molar-refractivity contribution in [2.75, 3.05) is 41.0 Å². The fourth-order valence-electron chi connectivity index (χ4n) is 6.22. The number of carboxylic acid groups (broad SMARTS) is 1. The van der Waals surface area contributed by atoms with Gasteiger partial charge in [0.25, 0.3) is 0 Å². The summed E-state index contributed by atoms with van der Waals surface area (Å²) in [6, 6.07) is -0.752. The first-order valence-electron chi connectivity index (χ1n) is 24.7. The van der Waals surface area contributed by atoms with Gasteiger partial charge in [0, 0.05) is 19.3 Å². The molecule has 364 valence electrons. The molecule has 8 nitrogen and oxygen atoms in total. The molecule has 0 saturated heterocycles. The highest BCUT2D eigenvalue weighted by atomic mass is 16.6. The zero-order valence-electron chi connectivity index (χ0n) is 41.3. The largest absolute Gasteiger partial charge is 0.544 e. The number of likely N-dealkylation sites (N-methyl/N-ethyl adjacent to an activating group) is 1. The van der Waals surface area contributed by atoms with Crippen molar-refractivity contribution in [3.05, 3.63) is 134 Å². The number of carbonyl (C=O) groups excluding carboxylic acids is 3. The lowest BCUT2D eigenvalue weighted by Crippen LogP contribution is -2.55. The Bertz CT molecular complexity index is 1520. The van der Waals surface area contributed by atoms with Gasteiger partial charge in [0.2, 0.25) is 0 Å². The number of ether oxygens (including phenoxy) is 3. The number of hydrogen-bond acceptors (Lipinski definition) is 7. The second kappa shape index (κ2) is 46.0. The Kier molecular flexibility index (Phi) is 42.8. The van der Waals surface area contributed by atoms with Gasteiger partial charge in [0.1, 0.15) is 12.6 Å². The fourth-order valence-corrected chi connectivity index (χ4v) is 6.22. The first-order valence-corrected chi connectivity index (χ1v) is 24.7. The lowest BCUT2D eigenvalue weighted by atomic mass is 10.1. The quantitative estimate of drug-likeness (QED) is 0.0260. The summed E-state index contributed by atoms with van der Waals surface area (Å²) in [7, 11) is 5.36. The van der Waals surface area contributed by atoms with E-state index in [0.717, 1.165) is 83.5 Å². The standard InChI is InChI=1S/C57H89NO7/c1-6-8-10-12-14-16-18-20-22-24-26-28-30-32-34-36-38-40-42-44-46-48-56(60)65-53(51-63-50-49-54(57(61)62)58(3,4)5)52-64-55(59)47-45-43-41-39-37-35-33-31-29-27-25-23-21-19-17-15-13-11-9-7-2/h9,11,14-17,20-23,26-29,32-35,38-41,53-54H,6-8,10,12-13,18-19,24-25,30-31,36-37,42-52H2,1-5H3/b11-9+,16-14+,17-15+,22-20+,23-21+,28-26+,29-27+,34-32+,35-33+,40-38+,41-39+. The average Bonchev–Trinajstić information content (AvgIpc) is 3.27. The third-order valence-corrected chi connectivity index (χ3v) is 10.0. The van der Waals surface area contributed by atoms with Gasteiger partial charge >= 0.3 is 11.9 Å². The molecule has 0 aliphatic heterocycles. The van der Waals surface area contributed by atoms with Crippen LogP contribution in [0.4, 0.5) is 0 Å². The van der Waals surface area contributed by atoms with Crippen LogP contribution in [0.5, 0.6) is 0 Å². The third kappa shape index (κ3) is 44.5. The molecular formula is C57H89NO7. The summed E-state index contributed by atoms with van der Waals surface area (Å²) in [6.07, 6.45) is 66.3. The number of aliphatic carboxylic acids is 1. The van der Waals surface area contributed by atoms with E-state index in [0.29, 0.717) is 12.8 Å². The molecule has 0 aliphatic carbocycles. The molecule has 8 heteroatoms. The predicted octanol–water partition coefficient (Wildman–Crippen LogP) is 13.0. The third-order valence-electron chi connectivity index (χ3n) is 10.0. The monoisotopic (exact) mass is 900 g/mol. The first-order chi connectivity index (χ1) is 31.6. The molecule has 0 radical (unpaired) electrons. The van der Waals surface area contributed by atoms with E-state index in [1.165, 1.54) is 25.7 Å². The highest BCUT2D eigenvalue weighted by molar-refractivity contribution is 5.70. The summed E-state index contributed by atoms with van der Waals surface area (Å²) in [5, 5.41) is 11.7. The molecular weight excluding hydrogens is 811 g/mol. The van der Waals surface area contributed by atoms with Gasteiger partial charge in [-0.25, -0.2) is 0 Å². The maximum atomic E-state index is 12.8. The lowest BCUT2D eigenvalue weighted by Gasteiger charge is -2.34. The van der Waals surface area contributed by atoms with E-state index in [9.17, 15) is 19.5 Å². The predicted molar refractivity (Wildman–Crippen MR) is 272 cm³/mol. The van der Waals surface area contributed by atoms with Crippen LogP contribution in [0, 0.1) is 0 Å². The summed E-state index contributed by atoms with van der Waals surface area (Å²) in [5.74, 6) is -1.89. The average molecular weight is 900 g/mol. The summed E-state index contributed by atoms with van der Waals surface area (Å²) < 4.78 is 17.1. The maximum absolute atomic E-state index is 12.8. The van der Waals surface area contributed by atoms with E-state index < -0.39 is 18.1 Å². The Morgan fingerprint density at radius 2 is 0.862 bits per heavy atom. The Morgan fingerprint density at radius 1 is 0.477 bits per heavy atom. The smallest absolute Gasteiger partial charge is 0.306 e. The number of hydrogen-bond donors (Lipinski definition) is 0. The summed E-state index contributed by atoms with van der Waals surface area (Å²) >= 11 is 0. The molecule has 0 spiro atoms. The van der Waals surface area contributed by atoms with Crippen molar-refractivity contribution in [1.82, 2.24) is 0 Å². The minimum Gasteiger partial charge on any atom is -0.544 e. The molecule has 0 aromatic carbocycles.